The molecule has 1 nitrogen and oxygen atoms in total. The molecule has 1 fully saturated rings. The largest absolute Gasteiger partial charge is 0.207 e. The summed E-state index contributed by atoms with van der Waals surface area (Å²) in [6.45, 7) is 2.26. The van der Waals surface area contributed by atoms with Gasteiger partial charge in [0.15, 0.2) is 0 Å². The molecule has 0 N–H and O–H groups in total. The molecule has 146 valence electrons. The molecule has 0 amide bonds. The second kappa shape index (κ2) is 8.03. The van der Waals surface area contributed by atoms with Crippen LogP contribution in [0.4, 0.5) is 8.78 Å². The van der Waals surface area contributed by atoms with Gasteiger partial charge in [0.2, 0.25) is 0 Å². The van der Waals surface area contributed by atoms with Crippen LogP contribution < -0.4 is 0 Å². The Morgan fingerprint density at radius 3 is 2.39 bits per heavy atom. The second-order valence-electron chi connectivity index (χ2n) is 8.56. The highest BCUT2D eigenvalue weighted by atomic mass is 19.1. The van der Waals surface area contributed by atoms with E-state index in [0.717, 1.165) is 53.9 Å². The first-order valence-electron chi connectivity index (χ1n) is 10.6. The van der Waals surface area contributed by atoms with Gasteiger partial charge in [-0.15, -0.1) is 0 Å². The van der Waals surface area contributed by atoms with Crippen LogP contribution in [0.2, 0.25) is 0 Å². The summed E-state index contributed by atoms with van der Waals surface area (Å²) in [5, 5.41) is 9.01. The van der Waals surface area contributed by atoms with E-state index in [0.29, 0.717) is 12.3 Å². The van der Waals surface area contributed by atoms with Crippen molar-refractivity contribution in [2.24, 2.45) is 5.92 Å². The molecule has 2 aliphatic rings. The Balaban J connectivity index is 1.51. The zero-order valence-corrected chi connectivity index (χ0v) is 16.5. The molecule has 2 aromatic carbocycles. The number of aryl methyl sites for hydroxylation is 1. The van der Waals surface area contributed by atoms with Crippen molar-refractivity contribution in [3.63, 3.8) is 0 Å². The number of nitriles is 1. The molecule has 0 heterocycles. The maximum absolute atomic E-state index is 15.0. The third-order valence-corrected chi connectivity index (χ3v) is 7.00. The fourth-order valence-electron chi connectivity index (χ4n) is 5.16. The van der Waals surface area contributed by atoms with Gasteiger partial charge in [0, 0.05) is 0 Å². The van der Waals surface area contributed by atoms with Crippen molar-refractivity contribution in [3.8, 4) is 6.07 Å². The molecule has 2 aromatic rings. The van der Waals surface area contributed by atoms with Crippen LogP contribution in [0.5, 0.6) is 0 Å². The molecule has 1 atom stereocenters. The van der Waals surface area contributed by atoms with E-state index in [4.69, 9.17) is 5.26 Å². The minimum atomic E-state index is -0.472. The third kappa shape index (κ3) is 3.70. The highest BCUT2D eigenvalue weighted by molar-refractivity contribution is 5.42. The number of fused-ring (bicyclic) bond motifs is 1. The van der Waals surface area contributed by atoms with E-state index < -0.39 is 5.82 Å². The smallest absolute Gasteiger partial charge is 0.141 e. The van der Waals surface area contributed by atoms with Gasteiger partial charge in [0.05, 0.1) is 5.56 Å². The van der Waals surface area contributed by atoms with E-state index in [9.17, 15) is 8.78 Å². The van der Waals surface area contributed by atoms with Crippen molar-refractivity contribution in [1.82, 2.24) is 0 Å². The van der Waals surface area contributed by atoms with Crippen molar-refractivity contribution < 1.29 is 8.78 Å². The SMILES string of the molecule is CCC1CCC(c2ccc(C3CCc4cc(C#N)c(F)cc4C3)c(F)c2)CC1. The van der Waals surface area contributed by atoms with E-state index in [1.165, 1.54) is 25.3 Å². The minimum absolute atomic E-state index is 0.0738. The molecule has 0 saturated heterocycles. The van der Waals surface area contributed by atoms with Crippen molar-refractivity contribution in [1.29, 1.82) is 5.26 Å². The summed E-state index contributed by atoms with van der Waals surface area (Å²) in [4.78, 5) is 0. The second-order valence-corrected chi connectivity index (χ2v) is 8.56. The predicted molar refractivity (Wildman–Crippen MR) is 107 cm³/mol. The van der Waals surface area contributed by atoms with Crippen molar-refractivity contribution in [2.45, 2.75) is 70.1 Å². The Hall–Kier alpha value is -2.21. The molecule has 3 heteroatoms. The lowest BCUT2D eigenvalue weighted by molar-refractivity contribution is 0.318. The summed E-state index contributed by atoms with van der Waals surface area (Å²) in [6, 6.07) is 10.9. The van der Waals surface area contributed by atoms with Gasteiger partial charge in [-0.1, -0.05) is 25.5 Å². The van der Waals surface area contributed by atoms with E-state index in [2.05, 4.69) is 13.0 Å². The molecule has 1 unspecified atom stereocenters. The number of rotatable bonds is 3. The van der Waals surface area contributed by atoms with Crippen molar-refractivity contribution in [2.75, 3.05) is 0 Å². The average Bonchev–Trinajstić information content (AvgIpc) is 2.73. The topological polar surface area (TPSA) is 23.8 Å². The van der Waals surface area contributed by atoms with E-state index >= 15 is 0 Å². The maximum atomic E-state index is 15.0. The maximum Gasteiger partial charge on any atom is 0.141 e. The molecule has 0 spiro atoms. The van der Waals surface area contributed by atoms with Crippen LogP contribution in [0.25, 0.3) is 0 Å². The zero-order valence-electron chi connectivity index (χ0n) is 16.5. The summed E-state index contributed by atoms with van der Waals surface area (Å²) in [5.74, 6) is 0.810. The Morgan fingerprint density at radius 1 is 0.929 bits per heavy atom. The van der Waals surface area contributed by atoms with Crippen LogP contribution >= 0.6 is 0 Å². The lowest BCUT2D eigenvalue weighted by atomic mass is 9.76. The average molecular weight is 379 g/mol. The van der Waals surface area contributed by atoms with Crippen LogP contribution in [0, 0.1) is 28.9 Å². The number of benzene rings is 2. The molecule has 2 aliphatic carbocycles. The number of nitrogens with zero attached hydrogens (tertiary/aromatic N) is 1. The normalized spacial score (nSPS) is 24.4. The Morgan fingerprint density at radius 2 is 1.71 bits per heavy atom. The van der Waals surface area contributed by atoms with E-state index in [1.807, 2.05) is 12.1 Å². The quantitative estimate of drug-likeness (QED) is 0.576. The first-order chi connectivity index (χ1) is 13.6. The summed E-state index contributed by atoms with van der Waals surface area (Å²) >= 11 is 0. The summed E-state index contributed by atoms with van der Waals surface area (Å²) in [7, 11) is 0. The fraction of sp³-hybridized carbons (Fsp3) is 0.480. The molecular weight excluding hydrogens is 352 g/mol. The van der Waals surface area contributed by atoms with Gasteiger partial charge in [-0.25, -0.2) is 8.78 Å². The van der Waals surface area contributed by atoms with Crippen LogP contribution in [0.15, 0.2) is 30.3 Å². The van der Waals surface area contributed by atoms with Crippen molar-refractivity contribution in [3.05, 3.63) is 69.8 Å². The van der Waals surface area contributed by atoms with Gasteiger partial charge in [0.1, 0.15) is 17.7 Å². The molecule has 0 aliphatic heterocycles. The van der Waals surface area contributed by atoms with E-state index in [1.54, 1.807) is 12.1 Å². The number of hydrogen-bond donors (Lipinski definition) is 0. The zero-order chi connectivity index (χ0) is 19.7. The van der Waals surface area contributed by atoms with Crippen LogP contribution in [-0.4, -0.2) is 0 Å². The van der Waals surface area contributed by atoms with Crippen molar-refractivity contribution >= 4 is 0 Å². The molecule has 4 rings (SSSR count). The molecule has 0 aromatic heterocycles. The van der Waals surface area contributed by atoms with Gasteiger partial charge in [-0.05, 0) is 103 Å². The van der Waals surface area contributed by atoms with Gasteiger partial charge in [0.25, 0.3) is 0 Å². The summed E-state index contributed by atoms with van der Waals surface area (Å²) in [5.41, 5.74) is 3.93. The Bertz CT molecular complexity index is 903. The molecular formula is C25H27F2N. The molecule has 28 heavy (non-hydrogen) atoms. The Labute approximate surface area is 166 Å². The predicted octanol–water partition coefficient (Wildman–Crippen LogP) is 6.79. The number of halogens is 2. The highest BCUT2D eigenvalue weighted by Crippen LogP contribution is 2.39. The molecule has 0 bridgehead atoms. The molecule has 1 saturated carbocycles. The molecule has 0 radical (unpaired) electrons. The van der Waals surface area contributed by atoms with Gasteiger partial charge in [-0.3, -0.25) is 0 Å². The Kier molecular flexibility index (Phi) is 5.49. The first-order valence-corrected chi connectivity index (χ1v) is 10.6. The minimum Gasteiger partial charge on any atom is -0.207 e. The first kappa shape index (κ1) is 19.1. The van der Waals surface area contributed by atoms with Gasteiger partial charge >= 0.3 is 0 Å². The third-order valence-electron chi connectivity index (χ3n) is 7.00. The lowest BCUT2D eigenvalue weighted by Crippen LogP contribution is -2.16. The van der Waals surface area contributed by atoms with Crippen LogP contribution in [-0.2, 0) is 12.8 Å². The number of hydrogen-bond acceptors (Lipinski definition) is 1. The van der Waals surface area contributed by atoms with Crippen LogP contribution in [0.1, 0.15) is 85.1 Å². The highest BCUT2D eigenvalue weighted by Gasteiger charge is 2.26. The van der Waals surface area contributed by atoms with Crippen LogP contribution in [0.3, 0.4) is 0 Å². The van der Waals surface area contributed by atoms with Gasteiger partial charge in [-0.2, -0.15) is 5.26 Å². The monoisotopic (exact) mass is 379 g/mol. The van der Waals surface area contributed by atoms with Gasteiger partial charge < -0.3 is 0 Å². The standard InChI is InChI=1S/C25H27F2N/c1-2-16-3-5-17(6-4-16)19-9-10-23(25(27)13-19)20-8-7-18-11-22(15-28)24(26)14-21(18)12-20/h9-11,13-14,16-17,20H,2-8,12H2,1H3. The fourth-order valence-corrected chi connectivity index (χ4v) is 5.16. The summed E-state index contributed by atoms with van der Waals surface area (Å²) < 4.78 is 29.0. The lowest BCUT2D eigenvalue weighted by Gasteiger charge is -2.29. The summed E-state index contributed by atoms with van der Waals surface area (Å²) in [6.07, 6.45) is 8.30. The van der Waals surface area contributed by atoms with E-state index in [-0.39, 0.29) is 17.3 Å².